The van der Waals surface area contributed by atoms with Crippen molar-refractivity contribution in [3.63, 3.8) is 0 Å². The molecule has 1 aliphatic heterocycles. The largest absolute Gasteiger partial charge is 0.497 e. The van der Waals surface area contributed by atoms with Gasteiger partial charge in [0.25, 0.3) is 5.91 Å². The summed E-state index contributed by atoms with van der Waals surface area (Å²) in [6.07, 6.45) is 4.85. The average Bonchev–Trinajstić information content (AvgIpc) is 3.45. The lowest BCUT2D eigenvalue weighted by atomic mass is 10.2. The van der Waals surface area contributed by atoms with E-state index in [4.69, 9.17) is 9.47 Å². The summed E-state index contributed by atoms with van der Waals surface area (Å²) in [6, 6.07) is 12.9. The molecule has 0 spiro atoms. The van der Waals surface area contributed by atoms with Gasteiger partial charge in [0.15, 0.2) is 0 Å². The van der Waals surface area contributed by atoms with Crippen molar-refractivity contribution in [3.8, 4) is 5.75 Å². The molecule has 2 heterocycles. The van der Waals surface area contributed by atoms with E-state index >= 15 is 0 Å². The molecule has 2 fully saturated rings. The molecule has 1 atom stereocenters. The van der Waals surface area contributed by atoms with Crippen molar-refractivity contribution >= 4 is 15.7 Å². The highest BCUT2D eigenvalue weighted by molar-refractivity contribution is 7.90. The van der Waals surface area contributed by atoms with Crippen LogP contribution in [0.3, 0.4) is 0 Å². The number of amides is 1. The summed E-state index contributed by atoms with van der Waals surface area (Å²) in [5, 5.41) is -0.131. The zero-order valence-electron chi connectivity index (χ0n) is 20.7. The van der Waals surface area contributed by atoms with Gasteiger partial charge in [-0.2, -0.15) is 0 Å². The van der Waals surface area contributed by atoms with E-state index in [1.807, 2.05) is 0 Å². The molecule has 2 aliphatic rings. The number of halogens is 1. The Bertz CT molecular complexity index is 1360. The van der Waals surface area contributed by atoms with Crippen molar-refractivity contribution < 1.29 is 27.1 Å². The number of rotatable bonds is 10. The first-order valence-corrected chi connectivity index (χ1v) is 14.1. The van der Waals surface area contributed by atoms with Crippen LogP contribution in [-0.4, -0.2) is 54.6 Å². The molecule has 1 saturated carbocycles. The van der Waals surface area contributed by atoms with E-state index in [1.165, 1.54) is 24.4 Å². The standard InChI is InChI=1S/C27H30FN3O5S/c1-35-23-12-8-19(9-13-23)26(32)30(21-10-11-21)16-22-15-29-27(31(22)17-24-6-4-14-36-24)37(33,34)18-20-5-2-3-7-25(20)28/h2-3,5,7-9,12-13,15,21,24H,4,6,10-11,14,16-18H2,1H3/t24-/m0/s1. The van der Waals surface area contributed by atoms with Gasteiger partial charge in [-0.1, -0.05) is 18.2 Å². The van der Waals surface area contributed by atoms with Gasteiger partial charge in [0, 0.05) is 23.8 Å². The average molecular weight is 528 g/mol. The van der Waals surface area contributed by atoms with Crippen molar-refractivity contribution in [1.82, 2.24) is 14.5 Å². The lowest BCUT2D eigenvalue weighted by Gasteiger charge is -2.24. The summed E-state index contributed by atoms with van der Waals surface area (Å²) in [6.45, 7) is 1.14. The molecule has 2 aromatic carbocycles. The van der Waals surface area contributed by atoms with Crippen molar-refractivity contribution in [2.45, 2.75) is 61.8 Å². The van der Waals surface area contributed by atoms with Crippen molar-refractivity contribution in [2.75, 3.05) is 13.7 Å². The molecule has 0 radical (unpaired) electrons. The number of benzene rings is 2. The van der Waals surface area contributed by atoms with Crippen molar-refractivity contribution in [2.24, 2.45) is 0 Å². The topological polar surface area (TPSA) is 90.7 Å². The van der Waals surface area contributed by atoms with E-state index in [1.54, 1.807) is 46.9 Å². The van der Waals surface area contributed by atoms with Gasteiger partial charge in [0.2, 0.25) is 15.0 Å². The van der Waals surface area contributed by atoms with Crippen LogP contribution in [-0.2, 0) is 33.4 Å². The second kappa shape index (κ2) is 10.6. The number of aromatic nitrogens is 2. The van der Waals surface area contributed by atoms with Crippen LogP contribution in [0.2, 0.25) is 0 Å². The molecule has 3 aromatic rings. The first-order valence-electron chi connectivity index (χ1n) is 12.4. The summed E-state index contributed by atoms with van der Waals surface area (Å²) in [5.74, 6) is -0.549. The summed E-state index contributed by atoms with van der Waals surface area (Å²) < 4.78 is 53.8. The van der Waals surface area contributed by atoms with Gasteiger partial charge in [0.05, 0.1) is 43.9 Å². The fourth-order valence-corrected chi connectivity index (χ4v) is 6.18. The summed E-state index contributed by atoms with van der Waals surface area (Å²) in [7, 11) is -2.40. The lowest BCUT2D eigenvalue weighted by molar-refractivity contribution is 0.0718. The normalized spacial score (nSPS) is 17.6. The van der Waals surface area contributed by atoms with Gasteiger partial charge in [-0.15, -0.1) is 0 Å². The quantitative estimate of drug-likeness (QED) is 0.396. The molecule has 1 amide bonds. The number of hydrogen-bond acceptors (Lipinski definition) is 6. The Kier molecular flexibility index (Phi) is 7.30. The maximum absolute atomic E-state index is 14.3. The molecule has 1 aliphatic carbocycles. The van der Waals surface area contributed by atoms with E-state index in [2.05, 4.69) is 4.98 Å². The highest BCUT2D eigenvalue weighted by atomic mass is 32.2. The van der Waals surface area contributed by atoms with Gasteiger partial charge in [0.1, 0.15) is 11.6 Å². The molecule has 8 nitrogen and oxygen atoms in total. The molecule has 1 aromatic heterocycles. The fourth-order valence-electron chi connectivity index (χ4n) is 4.67. The monoisotopic (exact) mass is 527 g/mol. The molecule has 5 rings (SSSR count). The highest BCUT2D eigenvalue weighted by Crippen LogP contribution is 2.31. The minimum absolute atomic E-state index is 0.0825. The van der Waals surface area contributed by atoms with Crippen LogP contribution >= 0.6 is 0 Å². The van der Waals surface area contributed by atoms with Crippen LogP contribution in [0.1, 0.15) is 47.3 Å². The number of hydrogen-bond donors (Lipinski definition) is 0. The molecule has 0 unspecified atom stereocenters. The van der Waals surface area contributed by atoms with Crippen LogP contribution in [0.5, 0.6) is 5.75 Å². The number of imidazole rings is 1. The molecule has 0 N–H and O–H groups in total. The predicted molar refractivity (Wildman–Crippen MR) is 134 cm³/mol. The first kappa shape index (κ1) is 25.4. The molecular formula is C27H30FN3O5S. The summed E-state index contributed by atoms with van der Waals surface area (Å²) in [4.78, 5) is 19.5. The molecular weight excluding hydrogens is 497 g/mol. The number of carbonyl (C=O) groups excluding carboxylic acids is 1. The fraction of sp³-hybridized carbons (Fsp3) is 0.407. The number of carbonyl (C=O) groups is 1. The third kappa shape index (κ3) is 5.70. The third-order valence-corrected chi connectivity index (χ3v) is 8.38. The number of sulfone groups is 1. The molecule has 0 bridgehead atoms. The molecule has 1 saturated heterocycles. The van der Waals surface area contributed by atoms with Crippen LogP contribution in [0.25, 0.3) is 0 Å². The second-order valence-electron chi connectivity index (χ2n) is 9.52. The smallest absolute Gasteiger partial charge is 0.254 e. The van der Waals surface area contributed by atoms with Crippen LogP contribution in [0.15, 0.2) is 59.9 Å². The van der Waals surface area contributed by atoms with Crippen LogP contribution in [0, 0.1) is 5.82 Å². The SMILES string of the molecule is COc1ccc(C(=O)N(Cc2cnc(S(=O)(=O)Cc3ccccc3F)n2C[C@@H]2CCCO2)C2CC2)cc1. The Hall–Kier alpha value is -3.24. The van der Waals surface area contributed by atoms with Crippen molar-refractivity contribution in [1.29, 1.82) is 0 Å². The van der Waals surface area contributed by atoms with E-state index in [-0.39, 0.29) is 35.3 Å². The summed E-state index contributed by atoms with van der Waals surface area (Å²) in [5.41, 5.74) is 1.23. The maximum atomic E-state index is 14.3. The summed E-state index contributed by atoms with van der Waals surface area (Å²) >= 11 is 0. The lowest BCUT2D eigenvalue weighted by Crippen LogP contribution is -2.34. The Morgan fingerprint density at radius 3 is 2.57 bits per heavy atom. The van der Waals surface area contributed by atoms with Gasteiger partial charge in [-0.25, -0.2) is 17.8 Å². The Morgan fingerprint density at radius 1 is 1.16 bits per heavy atom. The van der Waals surface area contributed by atoms with E-state index < -0.39 is 21.4 Å². The Morgan fingerprint density at radius 2 is 1.92 bits per heavy atom. The minimum atomic E-state index is -3.97. The second-order valence-corrected chi connectivity index (χ2v) is 11.4. The zero-order valence-corrected chi connectivity index (χ0v) is 21.5. The van der Waals surface area contributed by atoms with Gasteiger partial charge < -0.3 is 18.9 Å². The molecule has 196 valence electrons. The number of nitrogens with zero attached hydrogens (tertiary/aromatic N) is 3. The first-order chi connectivity index (χ1) is 17.9. The highest BCUT2D eigenvalue weighted by Gasteiger charge is 2.35. The Balaban J connectivity index is 1.46. The van der Waals surface area contributed by atoms with Crippen LogP contribution in [0.4, 0.5) is 4.39 Å². The van der Waals surface area contributed by atoms with E-state index in [0.29, 0.717) is 30.2 Å². The maximum Gasteiger partial charge on any atom is 0.254 e. The van der Waals surface area contributed by atoms with Gasteiger partial charge in [-0.05, 0) is 56.0 Å². The Labute approximate surface area is 215 Å². The minimum Gasteiger partial charge on any atom is -0.497 e. The third-order valence-electron chi connectivity index (χ3n) is 6.81. The number of ether oxygens (including phenoxy) is 2. The zero-order chi connectivity index (χ0) is 26.0. The van der Waals surface area contributed by atoms with E-state index in [0.717, 1.165) is 25.7 Å². The van der Waals surface area contributed by atoms with Crippen molar-refractivity contribution in [3.05, 3.63) is 77.4 Å². The van der Waals surface area contributed by atoms with Crippen LogP contribution < -0.4 is 4.74 Å². The van der Waals surface area contributed by atoms with Gasteiger partial charge in [-0.3, -0.25) is 4.79 Å². The molecule has 37 heavy (non-hydrogen) atoms. The van der Waals surface area contributed by atoms with E-state index in [9.17, 15) is 17.6 Å². The van der Waals surface area contributed by atoms with Gasteiger partial charge >= 0.3 is 0 Å². The number of methoxy groups -OCH3 is 1. The predicted octanol–water partition coefficient (Wildman–Crippen LogP) is 3.99. The molecule has 10 heteroatoms.